The molecule has 1 aliphatic heterocycles. The van der Waals surface area contributed by atoms with Crippen molar-refractivity contribution in [2.45, 2.75) is 25.3 Å². The lowest BCUT2D eigenvalue weighted by Crippen LogP contribution is -2.33. The van der Waals surface area contributed by atoms with E-state index in [9.17, 15) is 0 Å². The van der Waals surface area contributed by atoms with Gasteiger partial charge in [-0.1, -0.05) is 6.07 Å². The molecule has 6 nitrogen and oxygen atoms in total. The molecule has 4 heterocycles. The molecule has 0 N–H and O–H groups in total. The number of rotatable bonds is 4. The Morgan fingerprint density at radius 2 is 1.80 bits per heavy atom. The van der Waals surface area contributed by atoms with Crippen LogP contribution < -0.4 is 0 Å². The Kier molecular flexibility index (Phi) is 4.52. The van der Waals surface area contributed by atoms with E-state index < -0.39 is 0 Å². The van der Waals surface area contributed by atoms with E-state index in [1.54, 1.807) is 6.33 Å². The average molecular weight is 334 g/mol. The van der Waals surface area contributed by atoms with E-state index in [0.29, 0.717) is 5.92 Å². The molecule has 0 unspecified atom stereocenters. The zero-order valence-corrected chi connectivity index (χ0v) is 14.4. The van der Waals surface area contributed by atoms with Crippen LogP contribution in [0, 0.1) is 0 Å². The molecule has 0 atom stereocenters. The monoisotopic (exact) mass is 334 g/mol. The van der Waals surface area contributed by atoms with Crippen LogP contribution in [0.4, 0.5) is 0 Å². The fourth-order valence-corrected chi connectivity index (χ4v) is 3.44. The standard InChI is InChI=1S/C19H22N6/c1-24-18(4-7-23-24)13-25-8-5-15(6-9-25)19-3-2-16(12-22-19)17-10-20-14-21-11-17/h2-4,7,10-12,14-15H,5-6,8-9,13H2,1H3. The highest BCUT2D eigenvalue weighted by Crippen LogP contribution is 2.28. The Labute approximate surface area is 147 Å². The van der Waals surface area contributed by atoms with Crippen molar-refractivity contribution in [3.8, 4) is 11.1 Å². The number of hydrogen-bond acceptors (Lipinski definition) is 5. The van der Waals surface area contributed by atoms with Gasteiger partial charge in [-0.15, -0.1) is 0 Å². The van der Waals surface area contributed by atoms with Crippen LogP contribution >= 0.6 is 0 Å². The van der Waals surface area contributed by atoms with Gasteiger partial charge in [0.05, 0.1) is 5.69 Å². The summed E-state index contributed by atoms with van der Waals surface area (Å²) < 4.78 is 1.96. The highest BCUT2D eigenvalue weighted by molar-refractivity contribution is 5.60. The molecule has 128 valence electrons. The third-order valence-corrected chi connectivity index (χ3v) is 4.99. The molecular formula is C19H22N6. The van der Waals surface area contributed by atoms with E-state index in [1.807, 2.05) is 36.5 Å². The quantitative estimate of drug-likeness (QED) is 0.734. The van der Waals surface area contributed by atoms with Crippen LogP contribution in [0.3, 0.4) is 0 Å². The summed E-state index contributed by atoms with van der Waals surface area (Å²) in [5.74, 6) is 0.545. The zero-order chi connectivity index (χ0) is 17.1. The number of nitrogens with zero attached hydrogens (tertiary/aromatic N) is 6. The van der Waals surface area contributed by atoms with Gasteiger partial charge in [-0.2, -0.15) is 5.10 Å². The second-order valence-electron chi connectivity index (χ2n) is 6.60. The van der Waals surface area contributed by atoms with Gasteiger partial charge in [-0.25, -0.2) is 9.97 Å². The maximum Gasteiger partial charge on any atom is 0.115 e. The van der Waals surface area contributed by atoms with Gasteiger partial charge in [-0.3, -0.25) is 14.6 Å². The Hall–Kier alpha value is -2.60. The molecule has 0 bridgehead atoms. The molecule has 4 rings (SSSR count). The van der Waals surface area contributed by atoms with Gasteiger partial charge in [-0.05, 0) is 38.1 Å². The van der Waals surface area contributed by atoms with Crippen LogP contribution in [0.5, 0.6) is 0 Å². The Balaban J connectivity index is 1.37. The molecule has 0 spiro atoms. The Morgan fingerprint density at radius 1 is 1.00 bits per heavy atom. The first kappa shape index (κ1) is 15.9. The molecule has 0 aromatic carbocycles. The molecule has 0 amide bonds. The molecule has 0 aliphatic carbocycles. The highest BCUT2D eigenvalue weighted by Gasteiger charge is 2.22. The van der Waals surface area contributed by atoms with E-state index in [2.05, 4.69) is 38.2 Å². The minimum atomic E-state index is 0.545. The minimum absolute atomic E-state index is 0.545. The number of hydrogen-bond donors (Lipinski definition) is 0. The third kappa shape index (κ3) is 3.58. The van der Waals surface area contributed by atoms with Crippen LogP contribution in [0.15, 0.2) is 49.3 Å². The summed E-state index contributed by atoms with van der Waals surface area (Å²) in [6.45, 7) is 3.18. The van der Waals surface area contributed by atoms with Gasteiger partial charge >= 0.3 is 0 Å². The number of aryl methyl sites for hydroxylation is 1. The number of likely N-dealkylation sites (tertiary alicyclic amines) is 1. The summed E-state index contributed by atoms with van der Waals surface area (Å²) in [5.41, 5.74) is 4.54. The number of piperidine rings is 1. The molecule has 1 aliphatic rings. The van der Waals surface area contributed by atoms with Gasteiger partial charge < -0.3 is 0 Å². The molecule has 3 aromatic rings. The molecule has 0 radical (unpaired) electrons. The van der Waals surface area contributed by atoms with Gasteiger partial charge in [0.25, 0.3) is 0 Å². The SMILES string of the molecule is Cn1nccc1CN1CCC(c2ccc(-c3cncnc3)cn2)CC1. The minimum Gasteiger partial charge on any atom is -0.297 e. The summed E-state index contributed by atoms with van der Waals surface area (Å²) in [6.07, 6.45) is 11.3. The van der Waals surface area contributed by atoms with Crippen molar-refractivity contribution >= 4 is 0 Å². The van der Waals surface area contributed by atoms with Crippen molar-refractivity contribution in [2.75, 3.05) is 13.1 Å². The second-order valence-corrected chi connectivity index (χ2v) is 6.60. The summed E-state index contributed by atoms with van der Waals surface area (Å²) in [7, 11) is 2.01. The number of pyridine rings is 1. The van der Waals surface area contributed by atoms with Gasteiger partial charge in [0.1, 0.15) is 6.33 Å². The molecule has 1 fully saturated rings. The zero-order valence-electron chi connectivity index (χ0n) is 14.4. The van der Waals surface area contributed by atoms with Crippen LogP contribution in [0.1, 0.15) is 30.1 Å². The van der Waals surface area contributed by atoms with Crippen LogP contribution in [-0.2, 0) is 13.6 Å². The smallest absolute Gasteiger partial charge is 0.115 e. The molecule has 3 aromatic heterocycles. The summed E-state index contributed by atoms with van der Waals surface area (Å²) in [5, 5.41) is 4.25. The highest BCUT2D eigenvalue weighted by atomic mass is 15.3. The first-order valence-electron chi connectivity index (χ1n) is 8.70. The van der Waals surface area contributed by atoms with E-state index in [4.69, 9.17) is 4.98 Å². The van der Waals surface area contributed by atoms with Crippen molar-refractivity contribution in [1.29, 1.82) is 0 Å². The van der Waals surface area contributed by atoms with E-state index in [0.717, 1.165) is 43.6 Å². The lowest BCUT2D eigenvalue weighted by Gasteiger charge is -2.31. The normalized spacial score (nSPS) is 16.2. The fourth-order valence-electron chi connectivity index (χ4n) is 3.44. The average Bonchev–Trinajstić information content (AvgIpc) is 3.08. The summed E-state index contributed by atoms with van der Waals surface area (Å²) in [4.78, 5) is 15.3. The molecule has 6 heteroatoms. The van der Waals surface area contributed by atoms with Gasteiger partial charge in [0.2, 0.25) is 0 Å². The van der Waals surface area contributed by atoms with Crippen molar-refractivity contribution in [2.24, 2.45) is 7.05 Å². The summed E-state index contributed by atoms with van der Waals surface area (Å²) >= 11 is 0. The third-order valence-electron chi connectivity index (χ3n) is 4.99. The lowest BCUT2D eigenvalue weighted by molar-refractivity contribution is 0.199. The van der Waals surface area contributed by atoms with Gasteiger partial charge in [0, 0.05) is 61.1 Å². The first-order chi connectivity index (χ1) is 12.3. The number of aromatic nitrogens is 5. The van der Waals surface area contributed by atoms with Crippen molar-refractivity contribution < 1.29 is 0 Å². The molecule has 25 heavy (non-hydrogen) atoms. The first-order valence-corrected chi connectivity index (χ1v) is 8.70. The van der Waals surface area contributed by atoms with Crippen LogP contribution in [0.25, 0.3) is 11.1 Å². The van der Waals surface area contributed by atoms with Gasteiger partial charge in [0.15, 0.2) is 0 Å². The maximum absolute atomic E-state index is 4.71. The molecular weight excluding hydrogens is 312 g/mol. The van der Waals surface area contributed by atoms with E-state index >= 15 is 0 Å². The predicted octanol–water partition coefficient (Wildman–Crippen LogP) is 2.65. The second kappa shape index (κ2) is 7.11. The largest absolute Gasteiger partial charge is 0.297 e. The van der Waals surface area contributed by atoms with E-state index in [1.165, 1.54) is 11.4 Å². The molecule has 0 saturated carbocycles. The topological polar surface area (TPSA) is 59.7 Å². The maximum atomic E-state index is 4.71. The van der Waals surface area contributed by atoms with Crippen LogP contribution in [-0.4, -0.2) is 42.7 Å². The van der Waals surface area contributed by atoms with Crippen LogP contribution in [0.2, 0.25) is 0 Å². The summed E-state index contributed by atoms with van der Waals surface area (Å²) in [6, 6.07) is 6.38. The Bertz CT molecular complexity index is 803. The lowest BCUT2D eigenvalue weighted by atomic mass is 9.92. The van der Waals surface area contributed by atoms with E-state index in [-0.39, 0.29) is 0 Å². The Morgan fingerprint density at radius 3 is 2.44 bits per heavy atom. The van der Waals surface area contributed by atoms with Crippen molar-refractivity contribution in [1.82, 2.24) is 29.6 Å². The fraction of sp³-hybridized carbons (Fsp3) is 0.368. The van der Waals surface area contributed by atoms with Crippen molar-refractivity contribution in [3.05, 3.63) is 60.7 Å². The molecule has 1 saturated heterocycles. The van der Waals surface area contributed by atoms with Crippen molar-refractivity contribution in [3.63, 3.8) is 0 Å². The predicted molar refractivity (Wildman–Crippen MR) is 95.7 cm³/mol.